The Morgan fingerprint density at radius 2 is 2.33 bits per heavy atom. The molecule has 1 aromatic rings. The van der Waals surface area contributed by atoms with Gasteiger partial charge in [-0.25, -0.2) is 14.6 Å². The molecule has 1 aliphatic rings. The van der Waals surface area contributed by atoms with Crippen LogP contribution in [-0.4, -0.2) is 51.1 Å². The van der Waals surface area contributed by atoms with E-state index in [9.17, 15) is 14.7 Å². The molecule has 0 unspecified atom stereocenters. The van der Waals surface area contributed by atoms with Crippen LogP contribution in [0.25, 0.3) is 0 Å². The minimum Gasteiger partial charge on any atom is -0.480 e. The van der Waals surface area contributed by atoms with E-state index in [0.717, 1.165) is 12.8 Å². The lowest BCUT2D eigenvalue weighted by molar-refractivity contribution is -0.139. The van der Waals surface area contributed by atoms with Crippen molar-refractivity contribution in [1.29, 1.82) is 0 Å². The average Bonchev–Trinajstić information content (AvgIpc) is 2.89. The lowest BCUT2D eigenvalue weighted by Gasteiger charge is -2.38. The fourth-order valence-electron chi connectivity index (χ4n) is 2.65. The highest BCUT2D eigenvalue weighted by molar-refractivity contribution is 5.82. The first-order valence-electron chi connectivity index (χ1n) is 7.13. The molecule has 0 spiro atoms. The van der Waals surface area contributed by atoms with Crippen molar-refractivity contribution in [2.45, 2.75) is 39.2 Å². The van der Waals surface area contributed by atoms with Crippen LogP contribution < -0.4 is 5.32 Å². The number of aliphatic carboxylic acids is 1. The second-order valence-corrected chi connectivity index (χ2v) is 6.31. The predicted octanol–water partition coefficient (Wildman–Crippen LogP) is 1.24. The molecule has 3 N–H and O–H groups in total. The third-order valence-electron chi connectivity index (χ3n) is 3.76. The van der Waals surface area contributed by atoms with Gasteiger partial charge in [-0.05, 0) is 18.3 Å². The van der Waals surface area contributed by atoms with E-state index in [0.29, 0.717) is 18.8 Å². The van der Waals surface area contributed by atoms with Crippen LogP contribution in [0.2, 0.25) is 0 Å². The largest absolute Gasteiger partial charge is 0.480 e. The van der Waals surface area contributed by atoms with Crippen molar-refractivity contribution in [2.75, 3.05) is 13.1 Å². The van der Waals surface area contributed by atoms with Gasteiger partial charge < -0.3 is 20.3 Å². The van der Waals surface area contributed by atoms with Crippen molar-refractivity contribution >= 4 is 12.0 Å². The Bertz CT molecular complexity index is 498. The Morgan fingerprint density at radius 3 is 2.90 bits per heavy atom. The summed E-state index contributed by atoms with van der Waals surface area (Å²) in [5.74, 6) is -1.05. The van der Waals surface area contributed by atoms with Crippen molar-refractivity contribution in [3.05, 3.63) is 18.2 Å². The number of carbonyl (C=O) groups is 2. The first-order valence-corrected chi connectivity index (χ1v) is 7.13. The minimum atomic E-state index is -1.05. The predicted molar refractivity (Wildman–Crippen MR) is 76.8 cm³/mol. The van der Waals surface area contributed by atoms with Crippen LogP contribution in [0.1, 0.15) is 32.4 Å². The molecule has 0 aliphatic carbocycles. The fraction of sp³-hybridized carbons (Fsp3) is 0.643. The number of carbonyl (C=O) groups excluding carboxylic acids is 1. The summed E-state index contributed by atoms with van der Waals surface area (Å²) in [5, 5.41) is 11.9. The van der Waals surface area contributed by atoms with Crippen LogP contribution in [-0.2, 0) is 11.2 Å². The van der Waals surface area contributed by atoms with Crippen molar-refractivity contribution in [1.82, 2.24) is 20.2 Å². The van der Waals surface area contributed by atoms with E-state index in [4.69, 9.17) is 0 Å². The summed E-state index contributed by atoms with van der Waals surface area (Å²) in [4.78, 5) is 32.0. The van der Waals surface area contributed by atoms with Crippen molar-refractivity contribution in [3.8, 4) is 0 Å². The molecular formula is C14H22N4O3. The molecule has 7 nitrogen and oxygen atoms in total. The molecule has 0 saturated carbocycles. The van der Waals surface area contributed by atoms with E-state index in [1.165, 1.54) is 6.33 Å². The van der Waals surface area contributed by atoms with Crippen LogP contribution in [0.4, 0.5) is 4.79 Å². The van der Waals surface area contributed by atoms with E-state index >= 15 is 0 Å². The molecular weight excluding hydrogens is 272 g/mol. The van der Waals surface area contributed by atoms with Crippen LogP contribution in [0.15, 0.2) is 12.5 Å². The Kier molecular flexibility index (Phi) is 4.50. The minimum absolute atomic E-state index is 0.0810. The molecule has 1 fully saturated rings. The van der Waals surface area contributed by atoms with Gasteiger partial charge in [0.05, 0.1) is 6.33 Å². The molecule has 0 radical (unpaired) electrons. The van der Waals surface area contributed by atoms with Crippen LogP contribution in [0, 0.1) is 5.41 Å². The van der Waals surface area contributed by atoms with Crippen LogP contribution in [0.3, 0.4) is 0 Å². The monoisotopic (exact) mass is 294 g/mol. The smallest absolute Gasteiger partial charge is 0.326 e. The number of hydrogen-bond donors (Lipinski definition) is 3. The summed E-state index contributed by atoms with van der Waals surface area (Å²) < 4.78 is 0. The van der Waals surface area contributed by atoms with Crippen LogP contribution >= 0.6 is 0 Å². The molecule has 0 bridgehead atoms. The van der Waals surface area contributed by atoms with Gasteiger partial charge in [-0.1, -0.05) is 13.8 Å². The molecule has 21 heavy (non-hydrogen) atoms. The Labute approximate surface area is 123 Å². The van der Waals surface area contributed by atoms with Crippen molar-refractivity contribution in [3.63, 3.8) is 0 Å². The summed E-state index contributed by atoms with van der Waals surface area (Å²) in [6, 6.07) is -1.27. The van der Waals surface area contributed by atoms with Gasteiger partial charge in [0.25, 0.3) is 0 Å². The quantitative estimate of drug-likeness (QED) is 0.778. The number of carboxylic acid groups (broad SMARTS) is 1. The van der Waals surface area contributed by atoms with Gasteiger partial charge in [-0.15, -0.1) is 0 Å². The van der Waals surface area contributed by atoms with Gasteiger partial charge in [0, 0.05) is 31.4 Å². The number of aromatic amines is 1. The molecule has 0 aromatic carbocycles. The number of nitrogens with one attached hydrogen (secondary N) is 2. The molecule has 1 aromatic heterocycles. The average molecular weight is 294 g/mol. The third kappa shape index (κ3) is 4.21. The number of nitrogens with zero attached hydrogens (tertiary/aromatic N) is 2. The first-order chi connectivity index (χ1) is 9.87. The van der Waals surface area contributed by atoms with E-state index in [1.807, 2.05) is 0 Å². The van der Waals surface area contributed by atoms with E-state index < -0.39 is 12.0 Å². The maximum Gasteiger partial charge on any atom is 0.326 e. The summed E-state index contributed by atoms with van der Waals surface area (Å²) in [5.41, 5.74) is 0.763. The zero-order valence-corrected chi connectivity index (χ0v) is 12.4. The van der Waals surface area contributed by atoms with Crippen molar-refractivity contribution in [2.24, 2.45) is 5.41 Å². The number of aromatic nitrogens is 2. The SMILES string of the molecule is CC1(C)CCCN(C(=O)N[C@H](Cc2cnc[nH]2)C(=O)O)C1. The highest BCUT2D eigenvalue weighted by Gasteiger charge is 2.31. The third-order valence-corrected chi connectivity index (χ3v) is 3.76. The molecule has 1 aliphatic heterocycles. The molecule has 7 heteroatoms. The van der Waals surface area contributed by atoms with Crippen LogP contribution in [0.5, 0.6) is 0 Å². The van der Waals surface area contributed by atoms with E-state index in [2.05, 4.69) is 29.1 Å². The molecule has 2 amide bonds. The summed E-state index contributed by atoms with van der Waals surface area (Å²) >= 11 is 0. The second kappa shape index (κ2) is 6.15. The second-order valence-electron chi connectivity index (χ2n) is 6.31. The fourth-order valence-corrected chi connectivity index (χ4v) is 2.65. The van der Waals surface area contributed by atoms with Gasteiger partial charge in [-0.3, -0.25) is 0 Å². The number of urea groups is 1. The first kappa shape index (κ1) is 15.3. The number of H-pyrrole nitrogens is 1. The number of imidazole rings is 1. The normalized spacial score (nSPS) is 19.0. The Balaban J connectivity index is 1.96. The highest BCUT2D eigenvalue weighted by atomic mass is 16.4. The number of carboxylic acids is 1. The van der Waals surface area contributed by atoms with E-state index in [1.54, 1.807) is 11.1 Å². The molecule has 2 rings (SSSR count). The lowest BCUT2D eigenvalue weighted by atomic mass is 9.84. The zero-order chi connectivity index (χ0) is 15.5. The van der Waals surface area contributed by atoms with Crippen molar-refractivity contribution < 1.29 is 14.7 Å². The number of rotatable bonds is 4. The standard InChI is InChI=1S/C14H22N4O3/c1-14(2)4-3-5-18(8-14)13(21)17-11(12(19)20)6-10-7-15-9-16-10/h7,9,11H,3-6,8H2,1-2H3,(H,15,16)(H,17,21)(H,19,20)/t11-/m1/s1. The Hall–Kier alpha value is -2.05. The maximum atomic E-state index is 12.3. The van der Waals surface area contributed by atoms with Gasteiger partial charge >= 0.3 is 12.0 Å². The molecule has 2 heterocycles. The molecule has 116 valence electrons. The summed E-state index contributed by atoms with van der Waals surface area (Å²) in [6.45, 7) is 5.55. The highest BCUT2D eigenvalue weighted by Crippen LogP contribution is 2.28. The topological polar surface area (TPSA) is 98.3 Å². The summed E-state index contributed by atoms with van der Waals surface area (Å²) in [7, 11) is 0. The van der Waals surface area contributed by atoms with Gasteiger partial charge in [-0.2, -0.15) is 0 Å². The number of amides is 2. The number of hydrogen-bond acceptors (Lipinski definition) is 3. The van der Waals surface area contributed by atoms with Gasteiger partial charge in [0.2, 0.25) is 0 Å². The number of piperidine rings is 1. The zero-order valence-electron chi connectivity index (χ0n) is 12.4. The lowest BCUT2D eigenvalue weighted by Crippen LogP contribution is -2.52. The molecule has 1 saturated heterocycles. The van der Waals surface area contributed by atoms with Gasteiger partial charge in [0.15, 0.2) is 0 Å². The summed E-state index contributed by atoms with van der Waals surface area (Å²) in [6.07, 6.45) is 5.26. The maximum absolute atomic E-state index is 12.3. The van der Waals surface area contributed by atoms with E-state index in [-0.39, 0.29) is 17.9 Å². The molecule has 1 atom stereocenters. The number of likely N-dealkylation sites (tertiary alicyclic amines) is 1. The van der Waals surface area contributed by atoms with Gasteiger partial charge in [0.1, 0.15) is 6.04 Å². The Morgan fingerprint density at radius 1 is 1.57 bits per heavy atom.